The van der Waals surface area contributed by atoms with E-state index in [1.165, 1.54) is 12.1 Å². The van der Waals surface area contributed by atoms with Crippen LogP contribution >= 0.6 is 0 Å². The van der Waals surface area contributed by atoms with Crippen molar-refractivity contribution in [2.45, 2.75) is 37.9 Å². The average Bonchev–Trinajstić information content (AvgIpc) is 2.57. The highest BCUT2D eigenvalue weighted by atomic mass is 19.4. The van der Waals surface area contributed by atoms with Gasteiger partial charge in [0.1, 0.15) is 5.82 Å². The molecule has 1 saturated heterocycles. The van der Waals surface area contributed by atoms with Crippen molar-refractivity contribution in [2.24, 2.45) is 0 Å². The van der Waals surface area contributed by atoms with E-state index in [-0.39, 0.29) is 18.3 Å². The molecular formula is C19H19F4NO. The van der Waals surface area contributed by atoms with E-state index in [2.05, 4.69) is 9.64 Å². The van der Waals surface area contributed by atoms with Gasteiger partial charge in [-0.2, -0.15) is 0 Å². The molecule has 1 aliphatic rings. The maximum atomic E-state index is 13.2. The summed E-state index contributed by atoms with van der Waals surface area (Å²) in [6.07, 6.45) is -5.00. The molecule has 2 aromatic carbocycles. The lowest BCUT2D eigenvalue weighted by Gasteiger charge is -2.39. The second-order valence-corrected chi connectivity index (χ2v) is 6.23. The van der Waals surface area contributed by atoms with Crippen molar-refractivity contribution in [3.05, 3.63) is 71.5 Å². The van der Waals surface area contributed by atoms with Gasteiger partial charge in [-0.25, -0.2) is 4.39 Å². The van der Waals surface area contributed by atoms with E-state index < -0.39 is 12.5 Å². The average molecular weight is 353 g/mol. The Morgan fingerprint density at radius 3 is 2.32 bits per heavy atom. The molecule has 0 spiro atoms. The zero-order valence-electron chi connectivity index (χ0n) is 13.5. The Kier molecular flexibility index (Phi) is 5.39. The number of piperidine rings is 1. The Balaban J connectivity index is 1.79. The fourth-order valence-electron chi connectivity index (χ4n) is 3.32. The summed E-state index contributed by atoms with van der Waals surface area (Å²) in [5, 5.41) is 0. The molecule has 1 heterocycles. The number of nitrogens with zero attached hydrogens (tertiary/aromatic N) is 1. The molecule has 0 N–H and O–H groups in total. The molecule has 3 rings (SSSR count). The van der Waals surface area contributed by atoms with Crippen molar-refractivity contribution in [3.8, 4) is 0 Å². The first-order valence-corrected chi connectivity index (χ1v) is 8.19. The smallest absolute Gasteiger partial charge is 0.292 e. The van der Waals surface area contributed by atoms with Crippen LogP contribution in [0.1, 0.15) is 30.0 Å². The summed E-state index contributed by atoms with van der Waals surface area (Å²) in [6.45, 7) is 1.11. The number of halogens is 4. The van der Waals surface area contributed by atoms with Crippen molar-refractivity contribution in [3.63, 3.8) is 0 Å². The van der Waals surface area contributed by atoms with Gasteiger partial charge in [0.2, 0.25) is 0 Å². The fourth-order valence-corrected chi connectivity index (χ4v) is 3.32. The second-order valence-electron chi connectivity index (χ2n) is 6.23. The molecule has 2 aromatic rings. The number of benzene rings is 2. The van der Waals surface area contributed by atoms with Gasteiger partial charge in [0.05, 0.1) is 6.10 Å². The van der Waals surface area contributed by atoms with Crippen molar-refractivity contribution >= 4 is 0 Å². The van der Waals surface area contributed by atoms with Crippen LogP contribution in [0.4, 0.5) is 17.6 Å². The normalized spacial score (nSPS) is 22.1. The van der Waals surface area contributed by atoms with E-state index in [4.69, 9.17) is 0 Å². The Morgan fingerprint density at radius 1 is 1.00 bits per heavy atom. The molecule has 1 fully saturated rings. The van der Waals surface area contributed by atoms with Crippen LogP contribution in [0.2, 0.25) is 0 Å². The molecule has 0 amide bonds. The second kappa shape index (κ2) is 7.54. The predicted octanol–water partition coefficient (Wildman–Crippen LogP) is 5.07. The Bertz CT molecular complexity index is 672. The number of hydrogen-bond donors (Lipinski definition) is 0. The number of likely N-dealkylation sites (tertiary alicyclic amines) is 1. The number of alkyl halides is 3. The summed E-state index contributed by atoms with van der Waals surface area (Å²) in [7, 11) is 0. The molecule has 0 radical (unpaired) electrons. The van der Waals surface area contributed by atoms with Crippen LogP contribution in [-0.2, 0) is 11.3 Å². The lowest BCUT2D eigenvalue weighted by molar-refractivity contribution is -0.347. The molecule has 134 valence electrons. The Morgan fingerprint density at radius 2 is 1.68 bits per heavy atom. The first-order valence-electron chi connectivity index (χ1n) is 8.19. The van der Waals surface area contributed by atoms with E-state index in [9.17, 15) is 17.6 Å². The molecule has 2 nitrogen and oxygen atoms in total. The van der Waals surface area contributed by atoms with Gasteiger partial charge in [-0.1, -0.05) is 42.5 Å². The lowest BCUT2D eigenvalue weighted by Crippen LogP contribution is -2.41. The van der Waals surface area contributed by atoms with Crippen molar-refractivity contribution in [2.75, 3.05) is 6.54 Å². The fraction of sp³-hybridized carbons (Fsp3) is 0.368. The molecule has 2 atom stereocenters. The van der Waals surface area contributed by atoms with Gasteiger partial charge in [0.15, 0.2) is 0 Å². The highest BCUT2D eigenvalue weighted by Gasteiger charge is 2.38. The maximum absolute atomic E-state index is 13.2. The van der Waals surface area contributed by atoms with Crippen LogP contribution in [0.25, 0.3) is 0 Å². The van der Waals surface area contributed by atoms with Crippen LogP contribution in [0.15, 0.2) is 54.6 Å². The van der Waals surface area contributed by atoms with Crippen LogP contribution < -0.4 is 0 Å². The minimum absolute atomic E-state index is 0.220. The van der Waals surface area contributed by atoms with Crippen LogP contribution in [0.3, 0.4) is 0 Å². The standard InChI is InChI=1S/C19H19F4NO/c20-16-8-6-15(7-9-16)18-12-17(25-19(21,22)23)10-11-24(18)13-14-4-2-1-3-5-14/h1-9,17-18H,10-13H2/t17-,18+/m1/s1. The third-order valence-electron chi connectivity index (χ3n) is 4.45. The van der Waals surface area contributed by atoms with E-state index in [1.807, 2.05) is 30.3 Å². The summed E-state index contributed by atoms with van der Waals surface area (Å²) in [6, 6.07) is 15.5. The van der Waals surface area contributed by atoms with Gasteiger partial charge < -0.3 is 0 Å². The largest absolute Gasteiger partial charge is 0.522 e. The minimum Gasteiger partial charge on any atom is -0.292 e. The summed E-state index contributed by atoms with van der Waals surface area (Å²) < 4.78 is 55.2. The number of ether oxygens (including phenoxy) is 1. The summed E-state index contributed by atoms with van der Waals surface area (Å²) in [5.74, 6) is -0.364. The molecule has 25 heavy (non-hydrogen) atoms. The molecular weight excluding hydrogens is 334 g/mol. The van der Waals surface area contributed by atoms with Gasteiger partial charge in [0.25, 0.3) is 0 Å². The molecule has 0 saturated carbocycles. The van der Waals surface area contributed by atoms with E-state index in [0.29, 0.717) is 19.5 Å². The lowest BCUT2D eigenvalue weighted by atomic mass is 9.92. The van der Waals surface area contributed by atoms with Crippen LogP contribution in [0, 0.1) is 5.82 Å². The zero-order valence-corrected chi connectivity index (χ0v) is 13.5. The van der Waals surface area contributed by atoms with Crippen LogP contribution in [0.5, 0.6) is 0 Å². The summed E-state index contributed by atoms with van der Waals surface area (Å²) in [5.41, 5.74) is 1.89. The quantitative estimate of drug-likeness (QED) is 0.712. The topological polar surface area (TPSA) is 12.5 Å². The molecule has 0 bridgehead atoms. The first-order chi connectivity index (χ1) is 11.9. The molecule has 6 heteroatoms. The number of rotatable bonds is 4. The minimum atomic E-state index is -4.64. The Labute approximate surface area is 144 Å². The molecule has 0 aromatic heterocycles. The van der Waals surface area contributed by atoms with E-state index >= 15 is 0 Å². The number of hydrogen-bond acceptors (Lipinski definition) is 2. The van der Waals surface area contributed by atoms with Gasteiger partial charge in [-0.15, -0.1) is 13.2 Å². The van der Waals surface area contributed by atoms with Crippen molar-refractivity contribution in [1.29, 1.82) is 0 Å². The highest BCUT2D eigenvalue weighted by Crippen LogP contribution is 2.36. The first kappa shape index (κ1) is 17.9. The van der Waals surface area contributed by atoms with Crippen LogP contribution in [-0.4, -0.2) is 23.9 Å². The van der Waals surface area contributed by atoms with E-state index in [1.54, 1.807) is 12.1 Å². The molecule has 1 aliphatic heterocycles. The van der Waals surface area contributed by atoms with Gasteiger partial charge >= 0.3 is 6.36 Å². The zero-order chi connectivity index (χ0) is 17.9. The Hall–Kier alpha value is -1.92. The third kappa shape index (κ3) is 5.03. The van der Waals surface area contributed by atoms with Gasteiger partial charge in [-0.3, -0.25) is 9.64 Å². The highest BCUT2D eigenvalue weighted by molar-refractivity contribution is 5.22. The van der Waals surface area contributed by atoms with Gasteiger partial charge in [-0.05, 0) is 36.1 Å². The van der Waals surface area contributed by atoms with Gasteiger partial charge in [0, 0.05) is 19.1 Å². The SMILES string of the molecule is Fc1ccc([C@@H]2C[C@H](OC(F)(F)F)CCN2Cc2ccccc2)cc1. The maximum Gasteiger partial charge on any atom is 0.522 e. The third-order valence-corrected chi connectivity index (χ3v) is 4.45. The van der Waals surface area contributed by atoms with E-state index in [0.717, 1.165) is 11.1 Å². The molecule has 0 aliphatic carbocycles. The summed E-state index contributed by atoms with van der Waals surface area (Å²) >= 11 is 0. The monoisotopic (exact) mass is 353 g/mol. The summed E-state index contributed by atoms with van der Waals surface area (Å²) in [4.78, 5) is 2.12. The van der Waals surface area contributed by atoms with Crippen molar-refractivity contribution < 1.29 is 22.3 Å². The molecule has 0 unspecified atom stereocenters. The predicted molar refractivity (Wildman–Crippen MR) is 86.2 cm³/mol. The van der Waals surface area contributed by atoms with Crippen molar-refractivity contribution in [1.82, 2.24) is 4.90 Å².